The Morgan fingerprint density at radius 1 is 0.743 bits per heavy atom. The number of esters is 5. The van der Waals surface area contributed by atoms with E-state index in [4.69, 9.17) is 23.7 Å². The van der Waals surface area contributed by atoms with Crippen molar-refractivity contribution in [1.82, 2.24) is 0 Å². The van der Waals surface area contributed by atoms with Gasteiger partial charge in [-0.25, -0.2) is 9.59 Å². The molecule has 2 aromatic rings. The van der Waals surface area contributed by atoms with Gasteiger partial charge in [0.25, 0.3) is 0 Å². The number of fused-ring (bicyclic) bond motifs is 1. The number of carboxylic acids is 1. The molecule has 0 aliphatic carbocycles. The zero-order chi connectivity index (χ0) is 26.0. The van der Waals surface area contributed by atoms with Crippen molar-refractivity contribution >= 4 is 35.8 Å². The van der Waals surface area contributed by atoms with Crippen molar-refractivity contribution in [3.63, 3.8) is 0 Å². The smallest absolute Gasteiger partial charge is 0.343 e. The van der Waals surface area contributed by atoms with E-state index in [9.17, 15) is 33.9 Å². The van der Waals surface area contributed by atoms with Crippen molar-refractivity contribution in [2.45, 2.75) is 33.8 Å². The molecule has 0 aromatic heterocycles. The van der Waals surface area contributed by atoms with Gasteiger partial charge >= 0.3 is 35.8 Å². The molecule has 2 aromatic carbocycles. The van der Waals surface area contributed by atoms with Gasteiger partial charge in [-0.3, -0.25) is 19.2 Å². The van der Waals surface area contributed by atoms with Crippen LogP contribution in [0, 0.1) is 0 Å². The first-order chi connectivity index (χ1) is 16.4. The molecule has 1 unspecified atom stereocenters. The zero-order valence-corrected chi connectivity index (χ0v) is 18.8. The van der Waals surface area contributed by atoms with Crippen molar-refractivity contribution in [2.75, 3.05) is 0 Å². The molecular formula is C23H18O12. The number of carbonyl (C=O) groups excluding carboxylic acids is 5. The van der Waals surface area contributed by atoms with E-state index in [0.29, 0.717) is 0 Å². The van der Waals surface area contributed by atoms with Gasteiger partial charge in [-0.1, -0.05) is 0 Å². The lowest BCUT2D eigenvalue weighted by atomic mass is 9.95. The molecular weight excluding hydrogens is 468 g/mol. The second-order valence-electron chi connectivity index (χ2n) is 7.24. The van der Waals surface area contributed by atoms with Gasteiger partial charge in [-0.05, 0) is 18.2 Å². The molecule has 0 radical (unpaired) electrons. The molecule has 3 rings (SSSR count). The predicted molar refractivity (Wildman–Crippen MR) is 112 cm³/mol. The van der Waals surface area contributed by atoms with E-state index in [2.05, 4.69) is 0 Å². The number of ether oxygens (including phenoxy) is 5. The van der Waals surface area contributed by atoms with Gasteiger partial charge in [-0.15, -0.1) is 0 Å². The minimum absolute atomic E-state index is 0.00915. The summed E-state index contributed by atoms with van der Waals surface area (Å²) >= 11 is 0. The predicted octanol–water partition coefficient (Wildman–Crippen LogP) is 2.35. The maximum absolute atomic E-state index is 12.8. The molecule has 0 saturated carbocycles. The fourth-order valence-electron chi connectivity index (χ4n) is 3.40. The molecule has 1 heterocycles. The Bertz CT molecular complexity index is 1250. The Labute approximate surface area is 197 Å². The molecule has 0 saturated heterocycles. The molecule has 12 heteroatoms. The largest absolute Gasteiger partial charge is 0.478 e. The van der Waals surface area contributed by atoms with Crippen LogP contribution in [0.25, 0.3) is 0 Å². The van der Waals surface area contributed by atoms with Crippen LogP contribution in [0.5, 0.6) is 23.0 Å². The first kappa shape index (κ1) is 24.9. The van der Waals surface area contributed by atoms with E-state index < -0.39 is 41.9 Å². The molecule has 0 amide bonds. The van der Waals surface area contributed by atoms with Crippen molar-refractivity contribution in [3.8, 4) is 23.0 Å². The molecule has 35 heavy (non-hydrogen) atoms. The summed E-state index contributed by atoms with van der Waals surface area (Å²) in [7, 11) is 0. The Balaban J connectivity index is 2.33. The molecule has 1 aliphatic rings. The number of rotatable bonds is 6. The summed E-state index contributed by atoms with van der Waals surface area (Å²) in [5, 5.41) is 9.44. The quantitative estimate of drug-likeness (QED) is 0.468. The van der Waals surface area contributed by atoms with Crippen LogP contribution in [-0.2, 0) is 23.9 Å². The van der Waals surface area contributed by atoms with Gasteiger partial charge in [0.05, 0.1) is 11.1 Å². The Hall–Kier alpha value is -4.74. The molecule has 182 valence electrons. The van der Waals surface area contributed by atoms with E-state index in [0.717, 1.165) is 45.9 Å². The van der Waals surface area contributed by atoms with Crippen LogP contribution in [0.1, 0.15) is 65.6 Å². The van der Waals surface area contributed by atoms with Gasteiger partial charge in [0, 0.05) is 39.3 Å². The zero-order valence-electron chi connectivity index (χ0n) is 18.8. The van der Waals surface area contributed by atoms with Gasteiger partial charge < -0.3 is 28.8 Å². The van der Waals surface area contributed by atoms with Crippen molar-refractivity contribution in [3.05, 3.63) is 46.5 Å². The summed E-state index contributed by atoms with van der Waals surface area (Å²) in [6.07, 6.45) is -1.44. The molecule has 1 N–H and O–H groups in total. The third kappa shape index (κ3) is 5.43. The van der Waals surface area contributed by atoms with E-state index in [1.807, 2.05) is 0 Å². The molecule has 1 atom stereocenters. The number of hydrogen-bond acceptors (Lipinski definition) is 11. The summed E-state index contributed by atoms with van der Waals surface area (Å²) in [4.78, 5) is 71.0. The van der Waals surface area contributed by atoms with Crippen LogP contribution in [0.4, 0.5) is 0 Å². The number of cyclic esters (lactones) is 1. The molecule has 0 spiro atoms. The number of carbonyl (C=O) groups is 6. The Morgan fingerprint density at radius 3 is 1.69 bits per heavy atom. The molecule has 12 nitrogen and oxygen atoms in total. The SMILES string of the molecule is CC(=O)Oc1cc(OC(C)=O)c2c(c1)C(c1c(OC(C)=O)cc(C(=O)O)cc1OC(C)=O)OC2=O. The van der Waals surface area contributed by atoms with Crippen LogP contribution in [-0.4, -0.2) is 40.9 Å². The second-order valence-corrected chi connectivity index (χ2v) is 7.24. The monoisotopic (exact) mass is 486 g/mol. The minimum Gasteiger partial charge on any atom is -0.478 e. The van der Waals surface area contributed by atoms with Crippen LogP contribution < -0.4 is 18.9 Å². The average molecular weight is 486 g/mol. The van der Waals surface area contributed by atoms with E-state index in [-0.39, 0.29) is 45.3 Å². The average Bonchev–Trinajstić information content (AvgIpc) is 3.02. The fourth-order valence-corrected chi connectivity index (χ4v) is 3.40. The Kier molecular flexibility index (Phi) is 6.85. The summed E-state index contributed by atoms with van der Waals surface area (Å²) in [6.45, 7) is 4.31. The van der Waals surface area contributed by atoms with Crippen LogP contribution in [0.2, 0.25) is 0 Å². The number of benzene rings is 2. The van der Waals surface area contributed by atoms with Crippen LogP contribution in [0.15, 0.2) is 24.3 Å². The molecule has 0 bridgehead atoms. The summed E-state index contributed by atoms with van der Waals surface area (Å²) in [5.41, 5.74) is -0.762. The number of aromatic carboxylic acids is 1. The van der Waals surface area contributed by atoms with Crippen molar-refractivity contribution < 1.29 is 57.6 Å². The van der Waals surface area contributed by atoms with Crippen LogP contribution >= 0.6 is 0 Å². The van der Waals surface area contributed by atoms with Gasteiger partial charge in [0.15, 0.2) is 6.10 Å². The highest BCUT2D eigenvalue weighted by atomic mass is 16.6. The third-order valence-corrected chi connectivity index (χ3v) is 4.45. The summed E-state index contributed by atoms with van der Waals surface area (Å²) in [6, 6.07) is 4.36. The molecule has 1 aliphatic heterocycles. The normalized spacial score (nSPS) is 13.8. The van der Waals surface area contributed by atoms with Gasteiger partial charge in [0.1, 0.15) is 28.6 Å². The minimum atomic E-state index is -1.44. The lowest BCUT2D eigenvalue weighted by Crippen LogP contribution is -2.14. The lowest BCUT2D eigenvalue weighted by molar-refractivity contribution is -0.133. The van der Waals surface area contributed by atoms with Crippen molar-refractivity contribution in [1.29, 1.82) is 0 Å². The van der Waals surface area contributed by atoms with E-state index in [1.54, 1.807) is 0 Å². The topological polar surface area (TPSA) is 169 Å². The van der Waals surface area contributed by atoms with E-state index in [1.165, 1.54) is 6.07 Å². The van der Waals surface area contributed by atoms with Crippen molar-refractivity contribution in [2.24, 2.45) is 0 Å². The number of carboxylic acid groups (broad SMARTS) is 1. The summed E-state index contributed by atoms with van der Waals surface area (Å²) < 4.78 is 25.9. The molecule has 0 fully saturated rings. The Morgan fingerprint density at radius 2 is 1.23 bits per heavy atom. The van der Waals surface area contributed by atoms with Crippen LogP contribution in [0.3, 0.4) is 0 Å². The maximum atomic E-state index is 12.8. The lowest BCUT2D eigenvalue weighted by Gasteiger charge is -2.20. The standard InChI is InChI=1S/C23H18O12/c1-9(24)31-14-7-15-19(18(8-14)34-12(4)27)23(30)35-21(15)20-16(32-10(2)25)5-13(22(28)29)6-17(20)33-11(3)26/h5-8,21H,1-4H3,(H,28,29). The highest BCUT2D eigenvalue weighted by Gasteiger charge is 2.40. The number of hydrogen-bond donors (Lipinski definition) is 1. The van der Waals surface area contributed by atoms with E-state index >= 15 is 0 Å². The maximum Gasteiger partial charge on any atom is 0.343 e. The second kappa shape index (κ2) is 9.63. The van der Waals surface area contributed by atoms with Gasteiger partial charge in [0.2, 0.25) is 0 Å². The first-order valence-corrected chi connectivity index (χ1v) is 9.91. The highest BCUT2D eigenvalue weighted by molar-refractivity contribution is 5.99. The van der Waals surface area contributed by atoms with Gasteiger partial charge in [-0.2, -0.15) is 0 Å². The highest BCUT2D eigenvalue weighted by Crippen LogP contribution is 2.48. The first-order valence-electron chi connectivity index (χ1n) is 9.91. The third-order valence-electron chi connectivity index (χ3n) is 4.45. The fraction of sp³-hybridized carbons (Fsp3) is 0.217. The summed E-state index contributed by atoms with van der Waals surface area (Å²) in [5.74, 6) is -6.69.